The van der Waals surface area contributed by atoms with Crippen LogP contribution in [-0.2, 0) is 4.74 Å². The van der Waals surface area contributed by atoms with Crippen molar-refractivity contribution in [2.75, 3.05) is 13.2 Å². The highest BCUT2D eigenvalue weighted by atomic mass is 16.5. The van der Waals surface area contributed by atoms with Crippen molar-refractivity contribution in [3.05, 3.63) is 23.9 Å². The molecule has 1 aromatic rings. The molecule has 0 atom stereocenters. The first-order chi connectivity index (χ1) is 7.76. The van der Waals surface area contributed by atoms with E-state index in [4.69, 9.17) is 9.47 Å². The van der Waals surface area contributed by atoms with Gasteiger partial charge in [-0.2, -0.15) is 0 Å². The molecule has 0 radical (unpaired) electrons. The van der Waals surface area contributed by atoms with Crippen molar-refractivity contribution in [3.8, 4) is 5.88 Å². The number of aromatic nitrogens is 1. The Morgan fingerprint density at radius 2 is 2.38 bits per heavy atom. The van der Waals surface area contributed by atoms with E-state index in [1.54, 1.807) is 0 Å². The zero-order chi connectivity index (χ0) is 11.0. The molecule has 1 saturated carbocycles. The van der Waals surface area contributed by atoms with Crippen molar-refractivity contribution in [2.24, 2.45) is 5.41 Å². The number of fused-ring (bicyclic) bond motifs is 2. The third-order valence-electron chi connectivity index (χ3n) is 3.72. The van der Waals surface area contributed by atoms with E-state index in [1.807, 2.05) is 25.3 Å². The minimum Gasteiger partial charge on any atom is -0.477 e. The zero-order valence-corrected chi connectivity index (χ0v) is 9.61. The molecule has 1 aromatic heterocycles. The Hall–Kier alpha value is -1.09. The lowest BCUT2D eigenvalue weighted by Gasteiger charge is -2.51. The summed E-state index contributed by atoms with van der Waals surface area (Å²) in [6.45, 7) is 3.72. The first-order valence-electron chi connectivity index (χ1n) is 5.93. The van der Waals surface area contributed by atoms with Crippen molar-refractivity contribution in [1.82, 2.24) is 4.98 Å². The number of hydrogen-bond donors (Lipinski definition) is 0. The van der Waals surface area contributed by atoms with Gasteiger partial charge in [-0.05, 0) is 31.7 Å². The monoisotopic (exact) mass is 219 g/mol. The molecule has 2 saturated heterocycles. The third-order valence-corrected chi connectivity index (χ3v) is 3.72. The summed E-state index contributed by atoms with van der Waals surface area (Å²) in [6.07, 6.45) is 5.82. The van der Waals surface area contributed by atoms with E-state index in [1.165, 1.54) is 18.4 Å². The first kappa shape index (κ1) is 10.1. The Bertz CT molecular complexity index is 363. The molecule has 3 heteroatoms. The van der Waals surface area contributed by atoms with E-state index in [0.29, 0.717) is 11.5 Å². The second kappa shape index (κ2) is 3.74. The lowest BCUT2D eigenvalue weighted by molar-refractivity contribution is -0.160. The molecule has 0 spiro atoms. The van der Waals surface area contributed by atoms with Gasteiger partial charge in [-0.25, -0.2) is 4.98 Å². The fraction of sp³-hybridized carbons (Fsp3) is 0.615. The van der Waals surface area contributed by atoms with E-state index in [0.717, 1.165) is 25.5 Å². The molecule has 86 valence electrons. The maximum absolute atomic E-state index is 5.77. The molecule has 3 nitrogen and oxygen atoms in total. The van der Waals surface area contributed by atoms with Crippen molar-refractivity contribution in [1.29, 1.82) is 0 Å². The standard InChI is InChI=1S/C13H17NO2/c1-10-2-3-12(14-8-10)16-9-13-4-5-15-11(6-13)7-13/h2-3,8,11H,4-7,9H2,1H3. The fourth-order valence-corrected chi connectivity index (χ4v) is 2.63. The largest absolute Gasteiger partial charge is 0.477 e. The molecule has 2 bridgehead atoms. The van der Waals surface area contributed by atoms with E-state index < -0.39 is 0 Å². The normalized spacial score (nSPS) is 31.9. The van der Waals surface area contributed by atoms with Crippen LogP contribution in [0.1, 0.15) is 24.8 Å². The van der Waals surface area contributed by atoms with E-state index in [-0.39, 0.29) is 0 Å². The maximum Gasteiger partial charge on any atom is 0.213 e. The number of pyridine rings is 1. The van der Waals surface area contributed by atoms with Gasteiger partial charge in [-0.15, -0.1) is 0 Å². The van der Waals surface area contributed by atoms with E-state index in [2.05, 4.69) is 4.98 Å². The molecular weight excluding hydrogens is 202 g/mol. The van der Waals surface area contributed by atoms with Gasteiger partial charge in [-0.1, -0.05) is 6.07 Å². The van der Waals surface area contributed by atoms with Crippen LogP contribution in [0.25, 0.3) is 0 Å². The average molecular weight is 219 g/mol. The molecule has 0 amide bonds. The van der Waals surface area contributed by atoms with Crippen molar-refractivity contribution in [2.45, 2.75) is 32.3 Å². The molecule has 16 heavy (non-hydrogen) atoms. The molecule has 2 aliphatic heterocycles. The second-order valence-corrected chi connectivity index (χ2v) is 5.11. The molecule has 3 fully saturated rings. The smallest absolute Gasteiger partial charge is 0.213 e. The van der Waals surface area contributed by atoms with Crippen molar-refractivity contribution in [3.63, 3.8) is 0 Å². The summed E-state index contributed by atoms with van der Waals surface area (Å²) in [7, 11) is 0. The first-order valence-corrected chi connectivity index (χ1v) is 5.93. The predicted octanol–water partition coefficient (Wildman–Crippen LogP) is 2.34. The number of ether oxygens (including phenoxy) is 2. The lowest BCUT2D eigenvalue weighted by Crippen LogP contribution is -2.51. The van der Waals surface area contributed by atoms with Crippen LogP contribution in [0.3, 0.4) is 0 Å². The van der Waals surface area contributed by atoms with Gasteiger partial charge in [0.15, 0.2) is 0 Å². The highest BCUT2D eigenvalue weighted by Crippen LogP contribution is 2.49. The van der Waals surface area contributed by atoms with Crippen molar-refractivity contribution < 1.29 is 9.47 Å². The summed E-state index contributed by atoms with van der Waals surface area (Å²) in [5.41, 5.74) is 1.55. The molecule has 0 unspecified atom stereocenters. The summed E-state index contributed by atoms with van der Waals surface area (Å²) in [5, 5.41) is 0. The number of nitrogens with zero attached hydrogens (tertiary/aromatic N) is 1. The second-order valence-electron chi connectivity index (χ2n) is 5.11. The van der Waals surface area contributed by atoms with Gasteiger partial charge in [0, 0.05) is 24.3 Å². The van der Waals surface area contributed by atoms with E-state index >= 15 is 0 Å². The Morgan fingerprint density at radius 3 is 3.00 bits per heavy atom. The quantitative estimate of drug-likeness (QED) is 0.782. The summed E-state index contributed by atoms with van der Waals surface area (Å²) in [4.78, 5) is 4.26. The van der Waals surface area contributed by atoms with Gasteiger partial charge in [0.05, 0.1) is 12.7 Å². The van der Waals surface area contributed by atoms with Gasteiger partial charge in [-0.3, -0.25) is 0 Å². The summed E-state index contributed by atoms with van der Waals surface area (Å²) in [5.74, 6) is 0.745. The van der Waals surface area contributed by atoms with Crippen LogP contribution in [0.15, 0.2) is 18.3 Å². The van der Waals surface area contributed by atoms with Crippen LogP contribution in [0.4, 0.5) is 0 Å². The van der Waals surface area contributed by atoms with Crippen molar-refractivity contribution >= 4 is 0 Å². The number of hydrogen-bond acceptors (Lipinski definition) is 3. The third kappa shape index (κ3) is 1.80. The average Bonchev–Trinajstić information content (AvgIpc) is 2.28. The maximum atomic E-state index is 5.77. The van der Waals surface area contributed by atoms with Gasteiger partial charge >= 0.3 is 0 Å². The summed E-state index contributed by atoms with van der Waals surface area (Å²) < 4.78 is 11.3. The van der Waals surface area contributed by atoms with Gasteiger partial charge in [0.2, 0.25) is 5.88 Å². The molecule has 0 N–H and O–H groups in total. The molecule has 1 aliphatic carbocycles. The molecule has 3 aliphatic rings. The Labute approximate surface area is 95.8 Å². The topological polar surface area (TPSA) is 31.4 Å². The molecule has 4 rings (SSSR count). The van der Waals surface area contributed by atoms with Gasteiger partial charge < -0.3 is 9.47 Å². The van der Waals surface area contributed by atoms with Crippen LogP contribution in [0.5, 0.6) is 5.88 Å². The lowest BCUT2D eigenvalue weighted by atomic mass is 9.63. The highest BCUT2D eigenvalue weighted by molar-refractivity contribution is 5.16. The Morgan fingerprint density at radius 1 is 1.50 bits per heavy atom. The molecular formula is C13H17NO2. The van der Waals surface area contributed by atoms with Crippen LogP contribution >= 0.6 is 0 Å². The Kier molecular flexibility index (Phi) is 2.36. The molecule has 0 aromatic carbocycles. The van der Waals surface area contributed by atoms with Crippen LogP contribution in [0.2, 0.25) is 0 Å². The number of aryl methyl sites for hydroxylation is 1. The van der Waals surface area contributed by atoms with Crippen LogP contribution < -0.4 is 4.74 Å². The fourth-order valence-electron chi connectivity index (χ4n) is 2.63. The van der Waals surface area contributed by atoms with E-state index in [9.17, 15) is 0 Å². The van der Waals surface area contributed by atoms with Crippen LogP contribution in [-0.4, -0.2) is 24.3 Å². The highest BCUT2D eigenvalue weighted by Gasteiger charge is 2.48. The summed E-state index contributed by atoms with van der Waals surface area (Å²) >= 11 is 0. The number of rotatable bonds is 3. The predicted molar refractivity (Wildman–Crippen MR) is 60.5 cm³/mol. The van der Waals surface area contributed by atoms with Crippen LogP contribution in [0, 0.1) is 12.3 Å². The minimum absolute atomic E-state index is 0.384. The Balaban J connectivity index is 1.58. The minimum atomic E-state index is 0.384. The van der Waals surface area contributed by atoms with Gasteiger partial charge in [0.25, 0.3) is 0 Å². The summed E-state index contributed by atoms with van der Waals surface area (Å²) in [6, 6.07) is 3.98. The van der Waals surface area contributed by atoms with Gasteiger partial charge in [0.1, 0.15) is 0 Å². The molecule has 3 heterocycles. The SMILES string of the molecule is Cc1ccc(OCC23CCOC(C2)C3)nc1. The zero-order valence-electron chi connectivity index (χ0n) is 9.61.